The van der Waals surface area contributed by atoms with Gasteiger partial charge in [0.05, 0.1) is 12.2 Å². The summed E-state index contributed by atoms with van der Waals surface area (Å²) in [5.74, 6) is -1.44. The molecule has 0 aliphatic carbocycles. The summed E-state index contributed by atoms with van der Waals surface area (Å²) in [7, 11) is 0. The summed E-state index contributed by atoms with van der Waals surface area (Å²) in [4.78, 5) is 10.7. The highest BCUT2D eigenvalue weighted by Gasteiger charge is 2.13. The minimum Gasteiger partial charge on any atom is -0.476 e. The van der Waals surface area contributed by atoms with E-state index in [-0.39, 0.29) is 17.6 Å². The van der Waals surface area contributed by atoms with Crippen molar-refractivity contribution in [1.29, 1.82) is 0 Å². The Morgan fingerprint density at radius 2 is 2.06 bits per heavy atom. The predicted molar refractivity (Wildman–Crippen MR) is 57.2 cm³/mol. The van der Waals surface area contributed by atoms with Crippen LogP contribution in [0.25, 0.3) is 0 Å². The van der Waals surface area contributed by atoms with Crippen LogP contribution in [0.2, 0.25) is 0 Å². The molecular weight excluding hydrogens is 225 g/mol. The maximum Gasteiger partial charge on any atom is 0.358 e. The van der Waals surface area contributed by atoms with Crippen LogP contribution in [0.3, 0.4) is 0 Å². The third-order valence-corrected chi connectivity index (χ3v) is 2.48. The molecule has 0 fully saturated rings. The lowest BCUT2D eigenvalue weighted by atomic mass is 10.1. The molecule has 0 spiro atoms. The zero-order chi connectivity index (χ0) is 12.4. The molecule has 0 unspecified atom stereocenters. The zero-order valence-corrected chi connectivity index (χ0v) is 9.04. The highest BCUT2D eigenvalue weighted by molar-refractivity contribution is 5.84. The lowest BCUT2D eigenvalue weighted by Gasteiger charge is -2.11. The molecule has 5 nitrogen and oxygen atoms in total. The first-order valence-corrected chi connectivity index (χ1v) is 4.98. The molecule has 88 valence electrons. The van der Waals surface area contributed by atoms with E-state index in [2.05, 4.69) is 10.3 Å². The van der Waals surface area contributed by atoms with Crippen molar-refractivity contribution >= 4 is 5.97 Å². The molecule has 1 heterocycles. The summed E-state index contributed by atoms with van der Waals surface area (Å²) >= 11 is 0. The van der Waals surface area contributed by atoms with Gasteiger partial charge in [-0.2, -0.15) is 0 Å². The molecule has 6 heteroatoms. The van der Waals surface area contributed by atoms with Gasteiger partial charge in [-0.15, -0.1) is 5.10 Å². The largest absolute Gasteiger partial charge is 0.476 e. The maximum absolute atomic E-state index is 12.8. The summed E-state index contributed by atoms with van der Waals surface area (Å²) in [6, 6.07) is 5.75. The molecule has 2 rings (SSSR count). The first-order valence-electron chi connectivity index (χ1n) is 4.98. The molecule has 1 aromatic carbocycles. The fourth-order valence-electron chi connectivity index (χ4n) is 1.46. The fraction of sp³-hybridized carbons (Fsp3) is 0.182. The molecule has 1 N–H and O–H groups in total. The van der Waals surface area contributed by atoms with Crippen molar-refractivity contribution in [3.63, 3.8) is 0 Å². The number of benzene rings is 1. The van der Waals surface area contributed by atoms with Gasteiger partial charge in [0.15, 0.2) is 5.69 Å². The lowest BCUT2D eigenvalue weighted by molar-refractivity contribution is 0.0690. The summed E-state index contributed by atoms with van der Waals surface area (Å²) in [6.45, 7) is 1.83. The van der Waals surface area contributed by atoms with Crippen LogP contribution in [-0.2, 0) is 0 Å². The summed E-state index contributed by atoms with van der Waals surface area (Å²) in [5, 5.41) is 16.0. The van der Waals surface area contributed by atoms with Crippen LogP contribution < -0.4 is 0 Å². The van der Waals surface area contributed by atoms with E-state index in [0.29, 0.717) is 0 Å². The Kier molecular flexibility index (Phi) is 2.86. The Balaban J connectivity index is 2.27. The van der Waals surface area contributed by atoms with Crippen molar-refractivity contribution < 1.29 is 14.3 Å². The van der Waals surface area contributed by atoms with Crippen LogP contribution in [-0.4, -0.2) is 26.1 Å². The Morgan fingerprint density at radius 3 is 2.59 bits per heavy atom. The topological polar surface area (TPSA) is 68.0 Å². The van der Waals surface area contributed by atoms with Gasteiger partial charge in [0.2, 0.25) is 0 Å². The Labute approximate surface area is 96.5 Å². The number of carboxylic acids is 1. The van der Waals surface area contributed by atoms with Crippen molar-refractivity contribution in [2.75, 3.05) is 0 Å². The third-order valence-electron chi connectivity index (χ3n) is 2.48. The van der Waals surface area contributed by atoms with E-state index < -0.39 is 5.97 Å². The van der Waals surface area contributed by atoms with Crippen LogP contribution in [0.15, 0.2) is 30.5 Å². The number of aromatic nitrogens is 3. The first kappa shape index (κ1) is 11.3. The van der Waals surface area contributed by atoms with Gasteiger partial charge in [-0.05, 0) is 24.6 Å². The van der Waals surface area contributed by atoms with Crippen molar-refractivity contribution in [2.24, 2.45) is 0 Å². The lowest BCUT2D eigenvalue weighted by Crippen LogP contribution is -2.07. The van der Waals surface area contributed by atoms with Gasteiger partial charge < -0.3 is 5.11 Å². The molecule has 0 aliphatic heterocycles. The van der Waals surface area contributed by atoms with Crippen molar-refractivity contribution in [3.05, 3.63) is 47.5 Å². The SMILES string of the molecule is C[C@H](c1ccc(F)cc1)n1cc(C(=O)O)nn1. The van der Waals surface area contributed by atoms with E-state index in [1.165, 1.54) is 23.0 Å². The maximum atomic E-state index is 12.8. The summed E-state index contributed by atoms with van der Waals surface area (Å²) < 4.78 is 14.2. The molecule has 0 aliphatic rings. The van der Waals surface area contributed by atoms with Crippen LogP contribution in [0, 0.1) is 5.82 Å². The summed E-state index contributed by atoms with van der Waals surface area (Å²) in [5.41, 5.74) is 0.715. The Hall–Kier alpha value is -2.24. The van der Waals surface area contributed by atoms with E-state index in [0.717, 1.165) is 5.56 Å². The molecular formula is C11H10FN3O2. The molecule has 0 bridgehead atoms. The van der Waals surface area contributed by atoms with Crippen molar-refractivity contribution in [3.8, 4) is 0 Å². The second-order valence-corrected chi connectivity index (χ2v) is 3.62. The van der Waals surface area contributed by atoms with Crippen LogP contribution in [0.4, 0.5) is 4.39 Å². The number of hydrogen-bond donors (Lipinski definition) is 1. The minimum absolute atomic E-state index is 0.112. The standard InChI is InChI=1S/C11H10FN3O2/c1-7(8-2-4-9(12)5-3-8)15-6-10(11(16)17)13-14-15/h2-7H,1H3,(H,16,17)/t7-/m1/s1. The quantitative estimate of drug-likeness (QED) is 0.879. The smallest absolute Gasteiger partial charge is 0.358 e. The molecule has 0 amide bonds. The van der Waals surface area contributed by atoms with Crippen LogP contribution in [0.5, 0.6) is 0 Å². The van der Waals surface area contributed by atoms with Crippen molar-refractivity contribution in [1.82, 2.24) is 15.0 Å². The highest BCUT2D eigenvalue weighted by Crippen LogP contribution is 2.17. The van der Waals surface area contributed by atoms with Gasteiger partial charge >= 0.3 is 5.97 Å². The number of nitrogens with zero attached hydrogens (tertiary/aromatic N) is 3. The molecule has 1 aromatic heterocycles. The van der Waals surface area contributed by atoms with E-state index in [4.69, 9.17) is 5.11 Å². The fourth-order valence-corrected chi connectivity index (χ4v) is 1.46. The number of halogens is 1. The molecule has 0 saturated carbocycles. The molecule has 17 heavy (non-hydrogen) atoms. The van der Waals surface area contributed by atoms with Crippen molar-refractivity contribution in [2.45, 2.75) is 13.0 Å². The Bertz CT molecular complexity index is 536. The average Bonchev–Trinajstić information content (AvgIpc) is 2.78. The van der Waals surface area contributed by atoms with E-state index in [1.54, 1.807) is 12.1 Å². The van der Waals surface area contributed by atoms with Gasteiger partial charge in [0.1, 0.15) is 5.82 Å². The molecule has 0 saturated heterocycles. The third kappa shape index (κ3) is 2.30. The average molecular weight is 235 g/mol. The first-order chi connectivity index (χ1) is 8.08. The highest BCUT2D eigenvalue weighted by atomic mass is 19.1. The normalized spacial score (nSPS) is 12.4. The van der Waals surface area contributed by atoms with Gasteiger partial charge in [-0.1, -0.05) is 17.3 Å². The number of carbonyl (C=O) groups is 1. The number of rotatable bonds is 3. The number of aromatic carboxylic acids is 1. The minimum atomic E-state index is -1.12. The number of carboxylic acid groups (broad SMARTS) is 1. The van der Waals surface area contributed by atoms with Gasteiger partial charge in [-0.3, -0.25) is 0 Å². The molecule has 2 aromatic rings. The van der Waals surface area contributed by atoms with E-state index >= 15 is 0 Å². The van der Waals surface area contributed by atoms with Crippen LogP contribution in [0.1, 0.15) is 29.0 Å². The second-order valence-electron chi connectivity index (χ2n) is 3.62. The van der Waals surface area contributed by atoms with E-state index in [1.807, 2.05) is 6.92 Å². The van der Waals surface area contributed by atoms with E-state index in [9.17, 15) is 9.18 Å². The monoisotopic (exact) mass is 235 g/mol. The van der Waals surface area contributed by atoms with Gasteiger partial charge in [0, 0.05) is 0 Å². The van der Waals surface area contributed by atoms with Crippen LogP contribution >= 0.6 is 0 Å². The predicted octanol–water partition coefficient (Wildman–Crippen LogP) is 1.72. The molecule has 1 atom stereocenters. The number of hydrogen-bond acceptors (Lipinski definition) is 3. The Morgan fingerprint density at radius 1 is 1.41 bits per heavy atom. The molecule has 0 radical (unpaired) electrons. The zero-order valence-electron chi connectivity index (χ0n) is 9.04. The van der Waals surface area contributed by atoms with Gasteiger partial charge in [0.25, 0.3) is 0 Å². The second kappa shape index (κ2) is 4.32. The summed E-state index contributed by atoms with van der Waals surface area (Å²) in [6.07, 6.45) is 1.34. The van der Waals surface area contributed by atoms with Gasteiger partial charge in [-0.25, -0.2) is 13.9 Å².